The highest BCUT2D eigenvalue weighted by atomic mass is 35.5. The summed E-state index contributed by atoms with van der Waals surface area (Å²) >= 11 is 6.53. The predicted octanol–water partition coefficient (Wildman–Crippen LogP) is 4.66. The van der Waals surface area contributed by atoms with Crippen LogP contribution in [0.15, 0.2) is 36.9 Å². The summed E-state index contributed by atoms with van der Waals surface area (Å²) in [5, 5.41) is 14.0. The molecular formula is C28H31ClF2N6O2. The van der Waals surface area contributed by atoms with Crippen molar-refractivity contribution in [1.29, 1.82) is 0 Å². The molecule has 3 heterocycles. The van der Waals surface area contributed by atoms with Crippen molar-refractivity contribution in [2.45, 2.75) is 25.8 Å². The number of fused-ring (bicyclic) bond motifs is 1. The minimum absolute atomic E-state index is 0.0276. The van der Waals surface area contributed by atoms with Gasteiger partial charge in [0.25, 0.3) is 0 Å². The minimum Gasteiger partial charge on any atom is -0.507 e. The Balaban J connectivity index is 1.59. The molecule has 0 saturated carbocycles. The number of likely N-dealkylation sites (tertiary alicyclic amines) is 1. The van der Waals surface area contributed by atoms with E-state index in [4.69, 9.17) is 16.6 Å². The van der Waals surface area contributed by atoms with E-state index in [-0.39, 0.29) is 39.6 Å². The number of nitrogens with one attached hydrogen (secondary N) is 1. The lowest BCUT2D eigenvalue weighted by Crippen LogP contribution is -2.48. The molecule has 2 N–H and O–H groups in total. The number of aromatic hydroxyl groups is 1. The molecule has 3 aromatic rings. The molecular weight excluding hydrogens is 526 g/mol. The van der Waals surface area contributed by atoms with Gasteiger partial charge in [-0.25, -0.2) is 13.8 Å². The summed E-state index contributed by atoms with van der Waals surface area (Å²) in [5.41, 5.74) is -0.603. The number of piperidine rings is 1. The van der Waals surface area contributed by atoms with Crippen molar-refractivity contribution >= 4 is 40.2 Å². The Morgan fingerprint density at radius 3 is 2.51 bits per heavy atom. The van der Waals surface area contributed by atoms with E-state index < -0.39 is 17.4 Å². The van der Waals surface area contributed by atoms with Crippen molar-refractivity contribution in [2.75, 3.05) is 56.0 Å². The third-order valence-electron chi connectivity index (χ3n) is 7.54. The number of anilines is 2. The molecule has 2 fully saturated rings. The number of hydrogen-bond acceptors (Lipinski definition) is 7. The maximum atomic E-state index is 16.2. The summed E-state index contributed by atoms with van der Waals surface area (Å²) in [6.45, 7) is 10.4. The predicted molar refractivity (Wildman–Crippen MR) is 149 cm³/mol. The molecule has 0 unspecified atom stereocenters. The van der Waals surface area contributed by atoms with Gasteiger partial charge in [0.15, 0.2) is 5.82 Å². The fourth-order valence-electron chi connectivity index (χ4n) is 5.32. The molecule has 5 rings (SSSR count). The summed E-state index contributed by atoms with van der Waals surface area (Å²) in [6.07, 6.45) is 3.07. The van der Waals surface area contributed by atoms with Gasteiger partial charge in [-0.2, -0.15) is 4.98 Å². The van der Waals surface area contributed by atoms with Crippen LogP contribution in [0.1, 0.15) is 19.8 Å². The monoisotopic (exact) mass is 556 g/mol. The van der Waals surface area contributed by atoms with Gasteiger partial charge in [-0.15, -0.1) is 0 Å². The Hall–Kier alpha value is -3.50. The van der Waals surface area contributed by atoms with Gasteiger partial charge in [0.1, 0.15) is 22.9 Å². The Kier molecular flexibility index (Phi) is 7.86. The zero-order valence-corrected chi connectivity index (χ0v) is 22.5. The van der Waals surface area contributed by atoms with Gasteiger partial charge in [0.2, 0.25) is 11.9 Å². The second-order valence-corrected chi connectivity index (χ2v) is 10.2. The molecule has 0 atom stereocenters. The van der Waals surface area contributed by atoms with E-state index >= 15 is 4.39 Å². The molecule has 1 amide bonds. The number of carbonyl (C=O) groups is 1. The van der Waals surface area contributed by atoms with E-state index in [0.717, 1.165) is 38.5 Å². The summed E-state index contributed by atoms with van der Waals surface area (Å²) in [4.78, 5) is 27.4. The minimum atomic E-state index is -0.842. The summed E-state index contributed by atoms with van der Waals surface area (Å²) in [7, 11) is 0. The lowest BCUT2D eigenvalue weighted by Gasteiger charge is -2.36. The normalized spacial score (nSPS) is 17.0. The number of aromatic nitrogens is 2. The second kappa shape index (κ2) is 11.3. The first-order valence-electron chi connectivity index (χ1n) is 13.1. The molecule has 0 radical (unpaired) electrons. The van der Waals surface area contributed by atoms with Gasteiger partial charge in [0.05, 0.1) is 10.6 Å². The first kappa shape index (κ1) is 27.1. The van der Waals surface area contributed by atoms with Crippen LogP contribution in [-0.4, -0.2) is 82.6 Å². The molecule has 206 valence electrons. The number of benzene rings is 2. The summed E-state index contributed by atoms with van der Waals surface area (Å²) in [6, 6.07) is 5.39. The smallest absolute Gasteiger partial charge is 0.246 e. The number of halogens is 3. The van der Waals surface area contributed by atoms with Gasteiger partial charge in [-0.05, 0) is 43.7 Å². The number of carbonyl (C=O) groups excluding carboxylic acids is 1. The van der Waals surface area contributed by atoms with E-state index in [1.807, 2.05) is 4.90 Å². The van der Waals surface area contributed by atoms with E-state index in [0.29, 0.717) is 37.4 Å². The number of rotatable bonds is 6. The van der Waals surface area contributed by atoms with Crippen molar-refractivity contribution in [1.82, 2.24) is 19.8 Å². The van der Waals surface area contributed by atoms with Crippen LogP contribution in [0.2, 0.25) is 5.02 Å². The SMILES string of the molecule is C=CC(=O)N1CCN(c2nc(NC3CCN(CC)CC3)nc3c(F)c(-c4c(O)cccc4F)c(Cl)cc23)CC1. The van der Waals surface area contributed by atoms with Crippen LogP contribution in [0.4, 0.5) is 20.5 Å². The number of hydrogen-bond donors (Lipinski definition) is 2. The molecule has 2 aromatic carbocycles. The molecule has 2 aliphatic rings. The molecule has 39 heavy (non-hydrogen) atoms. The third-order valence-corrected chi connectivity index (χ3v) is 7.84. The topological polar surface area (TPSA) is 84.8 Å². The Morgan fingerprint density at radius 2 is 1.87 bits per heavy atom. The van der Waals surface area contributed by atoms with E-state index in [2.05, 4.69) is 28.7 Å². The molecule has 1 aromatic heterocycles. The van der Waals surface area contributed by atoms with E-state index in [9.17, 15) is 14.3 Å². The number of amides is 1. The maximum absolute atomic E-state index is 16.2. The fraction of sp³-hybridized carbons (Fsp3) is 0.393. The van der Waals surface area contributed by atoms with E-state index in [1.165, 1.54) is 24.3 Å². The molecule has 2 saturated heterocycles. The molecule has 11 heteroatoms. The molecule has 0 spiro atoms. The summed E-state index contributed by atoms with van der Waals surface area (Å²) in [5.74, 6) is -1.47. The van der Waals surface area contributed by atoms with Gasteiger partial charge >= 0.3 is 0 Å². The maximum Gasteiger partial charge on any atom is 0.246 e. The average Bonchev–Trinajstić information content (AvgIpc) is 2.94. The number of nitrogens with zero attached hydrogens (tertiary/aromatic N) is 5. The van der Waals surface area contributed by atoms with Crippen molar-refractivity contribution in [2.24, 2.45) is 0 Å². The van der Waals surface area contributed by atoms with Gasteiger partial charge in [0, 0.05) is 56.3 Å². The standard InChI is InChI=1S/C28H31ClF2N6O2/c1-3-22(39)36-12-14-37(15-13-36)27-18-16-19(29)23(24-20(30)6-5-7-21(24)38)25(31)26(18)33-28(34-27)32-17-8-10-35(4-2)11-9-17/h3,5-7,16-17,38H,1,4,8-15H2,2H3,(H,32,33,34). The van der Waals surface area contributed by atoms with E-state index in [1.54, 1.807) is 4.90 Å². The lowest BCUT2D eigenvalue weighted by atomic mass is 10.0. The number of phenols is 1. The van der Waals surface area contributed by atoms with Crippen molar-refractivity contribution in [3.8, 4) is 16.9 Å². The zero-order chi connectivity index (χ0) is 27.7. The zero-order valence-electron chi connectivity index (χ0n) is 21.8. The van der Waals surface area contributed by atoms with Gasteiger partial charge in [-0.3, -0.25) is 4.79 Å². The first-order valence-corrected chi connectivity index (χ1v) is 13.5. The van der Waals surface area contributed by atoms with Crippen molar-refractivity contribution in [3.05, 3.63) is 53.6 Å². The highest BCUT2D eigenvalue weighted by molar-refractivity contribution is 6.34. The molecule has 0 aliphatic carbocycles. The van der Waals surface area contributed by atoms with Crippen LogP contribution in [0, 0.1) is 11.6 Å². The summed E-state index contributed by atoms with van der Waals surface area (Å²) < 4.78 is 31.0. The average molecular weight is 557 g/mol. The number of phenolic OH excluding ortho intramolecular Hbond substituents is 1. The molecule has 0 bridgehead atoms. The second-order valence-electron chi connectivity index (χ2n) is 9.82. The highest BCUT2D eigenvalue weighted by Gasteiger charge is 2.28. The van der Waals surface area contributed by atoms with Crippen LogP contribution < -0.4 is 10.2 Å². The largest absolute Gasteiger partial charge is 0.507 e. The Bertz CT molecular complexity index is 1380. The molecule has 8 nitrogen and oxygen atoms in total. The quantitative estimate of drug-likeness (QED) is 0.427. The fourth-order valence-corrected chi connectivity index (χ4v) is 5.61. The van der Waals surface area contributed by atoms with Crippen molar-refractivity contribution < 1.29 is 18.7 Å². The Morgan fingerprint density at radius 1 is 1.15 bits per heavy atom. The Labute approximate surface area is 230 Å². The van der Waals surface area contributed by atoms with Crippen LogP contribution in [0.25, 0.3) is 22.0 Å². The van der Waals surface area contributed by atoms with Crippen LogP contribution in [0.3, 0.4) is 0 Å². The first-order chi connectivity index (χ1) is 18.8. The van der Waals surface area contributed by atoms with Gasteiger partial charge in [-0.1, -0.05) is 31.2 Å². The van der Waals surface area contributed by atoms with Crippen LogP contribution in [0.5, 0.6) is 5.75 Å². The van der Waals surface area contributed by atoms with Crippen molar-refractivity contribution in [3.63, 3.8) is 0 Å². The molecule has 2 aliphatic heterocycles. The van der Waals surface area contributed by atoms with Crippen LogP contribution in [-0.2, 0) is 4.79 Å². The third kappa shape index (κ3) is 5.35. The van der Waals surface area contributed by atoms with Crippen LogP contribution >= 0.6 is 11.6 Å². The highest BCUT2D eigenvalue weighted by Crippen LogP contribution is 2.42. The number of piperazine rings is 1. The lowest BCUT2D eigenvalue weighted by molar-refractivity contribution is -0.126. The van der Waals surface area contributed by atoms with Gasteiger partial charge < -0.3 is 25.1 Å².